The van der Waals surface area contributed by atoms with Crippen molar-refractivity contribution in [3.63, 3.8) is 0 Å². The zero-order valence-corrected chi connectivity index (χ0v) is 16.3. The topological polar surface area (TPSA) is 77.4 Å². The van der Waals surface area contributed by atoms with Gasteiger partial charge in [0, 0.05) is 10.8 Å². The fourth-order valence-corrected chi connectivity index (χ4v) is 4.64. The van der Waals surface area contributed by atoms with Gasteiger partial charge in [-0.3, -0.25) is 0 Å². The molecule has 0 bridgehead atoms. The van der Waals surface area contributed by atoms with Crippen LogP contribution in [0.2, 0.25) is 0 Å². The van der Waals surface area contributed by atoms with Crippen molar-refractivity contribution >= 4 is 0 Å². The third-order valence-corrected chi connectivity index (χ3v) is 6.86. The van der Waals surface area contributed by atoms with Gasteiger partial charge in [0.05, 0.1) is 45.1 Å². The highest BCUT2D eigenvalue weighted by atomic mass is 16.7. The summed E-state index contributed by atoms with van der Waals surface area (Å²) in [6, 6.07) is 0. The van der Waals surface area contributed by atoms with E-state index in [1.165, 1.54) is 0 Å². The smallest absolute Gasteiger partial charge is 0.183 e. The minimum Gasteiger partial charge on any atom is -0.396 e. The van der Waals surface area contributed by atoms with Gasteiger partial charge in [0.25, 0.3) is 0 Å². The lowest BCUT2D eigenvalue weighted by Gasteiger charge is -2.61. The molecule has 0 unspecified atom stereocenters. The molecule has 0 aromatic carbocycles. The summed E-state index contributed by atoms with van der Waals surface area (Å²) in [5, 5.41) is 20.7. The van der Waals surface area contributed by atoms with Crippen LogP contribution in [0.1, 0.15) is 53.4 Å². The molecule has 2 rings (SSSR count). The fourth-order valence-electron chi connectivity index (χ4n) is 4.64. The van der Waals surface area contributed by atoms with Gasteiger partial charge in [-0.25, -0.2) is 0 Å². The monoisotopic (exact) mass is 360 g/mol. The van der Waals surface area contributed by atoms with Crippen LogP contribution in [0, 0.1) is 16.2 Å². The molecular formula is C19H36O6. The number of ether oxygens (including phenoxy) is 4. The Morgan fingerprint density at radius 2 is 1.12 bits per heavy atom. The zero-order valence-electron chi connectivity index (χ0n) is 16.3. The molecule has 0 atom stereocenters. The van der Waals surface area contributed by atoms with Gasteiger partial charge < -0.3 is 29.2 Å². The van der Waals surface area contributed by atoms with Crippen molar-refractivity contribution < 1.29 is 29.2 Å². The molecule has 0 amide bonds. The van der Waals surface area contributed by atoms with E-state index in [1.807, 2.05) is 0 Å². The Morgan fingerprint density at radius 1 is 0.720 bits per heavy atom. The van der Waals surface area contributed by atoms with Gasteiger partial charge >= 0.3 is 0 Å². The number of aliphatic hydroxyl groups excluding tert-OH is 2. The van der Waals surface area contributed by atoms with Crippen LogP contribution in [0.15, 0.2) is 0 Å². The summed E-state index contributed by atoms with van der Waals surface area (Å²) < 4.78 is 24.0. The van der Waals surface area contributed by atoms with Crippen LogP contribution in [-0.2, 0) is 18.9 Å². The van der Waals surface area contributed by atoms with Crippen LogP contribution in [0.25, 0.3) is 0 Å². The first-order valence-electron chi connectivity index (χ1n) is 9.64. The van der Waals surface area contributed by atoms with Crippen molar-refractivity contribution in [2.75, 3.05) is 46.4 Å². The van der Waals surface area contributed by atoms with Crippen LogP contribution in [0.5, 0.6) is 0 Å². The normalized spacial score (nSPS) is 23.8. The lowest BCUT2D eigenvalue weighted by Crippen LogP contribution is -2.70. The summed E-state index contributed by atoms with van der Waals surface area (Å²) >= 11 is 0. The molecular weight excluding hydrogens is 324 g/mol. The molecule has 0 aromatic rings. The third kappa shape index (κ3) is 3.15. The average molecular weight is 360 g/mol. The Kier molecular flexibility index (Phi) is 6.90. The molecule has 2 N–H and O–H groups in total. The lowest BCUT2D eigenvalue weighted by molar-refractivity contribution is -0.418. The van der Waals surface area contributed by atoms with E-state index in [-0.39, 0.29) is 18.6 Å². The standard InChI is InChI=1S/C19H36O6/c1-5-17(6-2,9-20)19(18(7-3,8-4)10-21)24-13-16(14-25-19)11-22-15-23-12-16/h20-21H,5-15H2,1-4H3. The molecule has 0 aliphatic carbocycles. The van der Waals surface area contributed by atoms with Crippen molar-refractivity contribution in [2.45, 2.75) is 59.2 Å². The summed E-state index contributed by atoms with van der Waals surface area (Å²) in [7, 11) is 0. The molecule has 6 heteroatoms. The Balaban J connectivity index is 2.44. The zero-order chi connectivity index (χ0) is 18.6. The minimum atomic E-state index is -1.03. The fraction of sp³-hybridized carbons (Fsp3) is 1.00. The van der Waals surface area contributed by atoms with Gasteiger partial charge in [-0.15, -0.1) is 0 Å². The molecule has 2 heterocycles. The van der Waals surface area contributed by atoms with Gasteiger partial charge in [-0.2, -0.15) is 0 Å². The van der Waals surface area contributed by atoms with E-state index < -0.39 is 16.6 Å². The van der Waals surface area contributed by atoms with Crippen LogP contribution in [-0.4, -0.2) is 62.4 Å². The maximum absolute atomic E-state index is 10.4. The van der Waals surface area contributed by atoms with E-state index in [4.69, 9.17) is 18.9 Å². The van der Waals surface area contributed by atoms with E-state index in [2.05, 4.69) is 27.7 Å². The summed E-state index contributed by atoms with van der Waals surface area (Å²) in [5.74, 6) is -1.03. The molecule has 2 aliphatic rings. The largest absolute Gasteiger partial charge is 0.396 e. The van der Waals surface area contributed by atoms with E-state index >= 15 is 0 Å². The van der Waals surface area contributed by atoms with Crippen molar-refractivity contribution in [3.8, 4) is 0 Å². The minimum absolute atomic E-state index is 0.0399. The summed E-state index contributed by atoms with van der Waals surface area (Å²) in [4.78, 5) is 0. The van der Waals surface area contributed by atoms with Crippen molar-refractivity contribution in [3.05, 3.63) is 0 Å². The summed E-state index contributed by atoms with van der Waals surface area (Å²) in [6.45, 7) is 10.4. The van der Waals surface area contributed by atoms with Gasteiger partial charge in [0.15, 0.2) is 5.79 Å². The first-order chi connectivity index (χ1) is 12.0. The van der Waals surface area contributed by atoms with E-state index in [9.17, 15) is 10.2 Å². The van der Waals surface area contributed by atoms with Crippen molar-refractivity contribution in [2.24, 2.45) is 16.2 Å². The maximum atomic E-state index is 10.4. The summed E-state index contributed by atoms with van der Waals surface area (Å²) in [6.07, 6.45) is 2.84. The summed E-state index contributed by atoms with van der Waals surface area (Å²) in [5.41, 5.74) is -1.45. The second-order valence-corrected chi connectivity index (χ2v) is 7.80. The van der Waals surface area contributed by atoms with Crippen LogP contribution in [0.3, 0.4) is 0 Å². The Labute approximate surface area is 151 Å². The highest BCUT2D eigenvalue weighted by Gasteiger charge is 2.65. The second-order valence-electron chi connectivity index (χ2n) is 7.80. The Bertz CT molecular complexity index is 362. The molecule has 2 aliphatic heterocycles. The molecule has 6 nitrogen and oxygen atoms in total. The predicted octanol–water partition coefficient (Wildman–Crippen LogP) is 2.32. The quantitative estimate of drug-likeness (QED) is 0.692. The van der Waals surface area contributed by atoms with E-state index in [1.54, 1.807) is 0 Å². The number of hydrogen-bond donors (Lipinski definition) is 2. The van der Waals surface area contributed by atoms with Gasteiger partial charge in [-0.05, 0) is 25.7 Å². The molecule has 0 saturated carbocycles. The number of aliphatic hydroxyl groups is 2. The Hall–Kier alpha value is -0.240. The van der Waals surface area contributed by atoms with Gasteiger partial charge in [0.1, 0.15) is 6.79 Å². The second kappa shape index (κ2) is 8.19. The van der Waals surface area contributed by atoms with Crippen LogP contribution >= 0.6 is 0 Å². The number of hydrogen-bond acceptors (Lipinski definition) is 6. The van der Waals surface area contributed by atoms with Gasteiger partial charge in [-0.1, -0.05) is 27.7 Å². The van der Waals surface area contributed by atoms with Gasteiger partial charge in [0.2, 0.25) is 0 Å². The first-order valence-corrected chi connectivity index (χ1v) is 9.64. The molecule has 0 radical (unpaired) electrons. The molecule has 25 heavy (non-hydrogen) atoms. The van der Waals surface area contributed by atoms with Crippen molar-refractivity contribution in [1.82, 2.24) is 0 Å². The van der Waals surface area contributed by atoms with E-state index in [0.29, 0.717) is 58.9 Å². The molecule has 0 aromatic heterocycles. The molecule has 1 spiro atoms. The lowest BCUT2D eigenvalue weighted by atomic mass is 9.60. The molecule has 148 valence electrons. The van der Waals surface area contributed by atoms with Crippen LogP contribution < -0.4 is 0 Å². The highest BCUT2D eigenvalue weighted by Crippen LogP contribution is 2.57. The SMILES string of the molecule is CCC(CC)(CO)C1(C(CC)(CC)CO)OCC2(COCOC2)CO1. The maximum Gasteiger partial charge on any atom is 0.183 e. The number of rotatable bonds is 8. The molecule has 2 saturated heterocycles. The van der Waals surface area contributed by atoms with Crippen LogP contribution in [0.4, 0.5) is 0 Å². The van der Waals surface area contributed by atoms with Crippen molar-refractivity contribution in [1.29, 1.82) is 0 Å². The molecule has 2 fully saturated rings. The highest BCUT2D eigenvalue weighted by molar-refractivity contribution is 5.06. The third-order valence-electron chi connectivity index (χ3n) is 6.86. The van der Waals surface area contributed by atoms with E-state index in [0.717, 1.165) is 0 Å². The average Bonchev–Trinajstić information content (AvgIpc) is 2.68. The predicted molar refractivity (Wildman–Crippen MR) is 94.0 cm³/mol. The Morgan fingerprint density at radius 3 is 1.44 bits per heavy atom. The first kappa shape index (κ1) is 21.1.